The summed E-state index contributed by atoms with van der Waals surface area (Å²) < 4.78 is 27.6. The molecule has 1 saturated carbocycles. The van der Waals surface area contributed by atoms with Crippen molar-refractivity contribution in [3.63, 3.8) is 0 Å². The Morgan fingerprint density at radius 1 is 1.29 bits per heavy atom. The van der Waals surface area contributed by atoms with Crippen LogP contribution in [0.5, 0.6) is 0 Å². The van der Waals surface area contributed by atoms with Crippen molar-refractivity contribution in [3.05, 3.63) is 23.3 Å². The molecule has 6 heteroatoms. The fourth-order valence-electron chi connectivity index (χ4n) is 3.31. The van der Waals surface area contributed by atoms with Gasteiger partial charge in [-0.15, -0.1) is 0 Å². The lowest BCUT2D eigenvalue weighted by molar-refractivity contribution is -0.119. The third-order valence-electron chi connectivity index (χ3n) is 4.60. The molecule has 1 fully saturated rings. The van der Waals surface area contributed by atoms with E-state index < -0.39 is 10.0 Å². The molecule has 1 amide bonds. The predicted octanol–water partition coefficient (Wildman–Crippen LogP) is 1.52. The molecule has 0 aromatic heterocycles. The van der Waals surface area contributed by atoms with E-state index in [0.29, 0.717) is 4.90 Å². The lowest BCUT2D eigenvalue weighted by atomic mass is 9.97. The van der Waals surface area contributed by atoms with Crippen LogP contribution in [0, 0.1) is 0 Å². The molecule has 2 heterocycles. The van der Waals surface area contributed by atoms with Crippen molar-refractivity contribution in [2.75, 3.05) is 11.4 Å². The number of sulfonamides is 1. The number of amides is 1. The van der Waals surface area contributed by atoms with Crippen LogP contribution in [0.1, 0.15) is 43.2 Å². The zero-order valence-corrected chi connectivity index (χ0v) is 12.7. The Labute approximate surface area is 124 Å². The number of benzene rings is 1. The predicted molar refractivity (Wildman–Crippen MR) is 78.9 cm³/mol. The largest absolute Gasteiger partial charge is 0.311 e. The van der Waals surface area contributed by atoms with Crippen molar-refractivity contribution in [1.82, 2.24) is 4.72 Å². The first kappa shape index (κ1) is 13.3. The molecule has 0 unspecified atom stereocenters. The topological polar surface area (TPSA) is 66.5 Å². The molecule has 3 aliphatic rings. The van der Waals surface area contributed by atoms with E-state index in [0.717, 1.165) is 49.0 Å². The van der Waals surface area contributed by atoms with Gasteiger partial charge in [0, 0.05) is 12.6 Å². The average Bonchev–Trinajstić information content (AvgIpc) is 3.23. The number of carbonyl (C=O) groups excluding carboxylic acids is 1. The monoisotopic (exact) mass is 306 g/mol. The van der Waals surface area contributed by atoms with Gasteiger partial charge < -0.3 is 4.90 Å². The minimum Gasteiger partial charge on any atom is -0.311 e. The molecule has 1 aromatic rings. The van der Waals surface area contributed by atoms with Gasteiger partial charge in [-0.05, 0) is 55.9 Å². The van der Waals surface area contributed by atoms with Crippen molar-refractivity contribution in [2.24, 2.45) is 0 Å². The van der Waals surface area contributed by atoms with Gasteiger partial charge >= 0.3 is 0 Å². The van der Waals surface area contributed by atoms with E-state index in [-0.39, 0.29) is 17.9 Å². The molecule has 2 aliphatic heterocycles. The van der Waals surface area contributed by atoms with Gasteiger partial charge in [-0.25, -0.2) is 13.1 Å². The van der Waals surface area contributed by atoms with Crippen LogP contribution in [0.25, 0.3) is 0 Å². The summed E-state index contributed by atoms with van der Waals surface area (Å²) >= 11 is 0. The van der Waals surface area contributed by atoms with Gasteiger partial charge in [-0.1, -0.05) is 0 Å². The molecule has 1 atom stereocenters. The molecule has 1 aromatic carbocycles. The third-order valence-corrected chi connectivity index (χ3v) is 6.10. The Morgan fingerprint density at radius 2 is 2.05 bits per heavy atom. The van der Waals surface area contributed by atoms with Crippen molar-refractivity contribution in [2.45, 2.75) is 49.5 Å². The number of hydrogen-bond acceptors (Lipinski definition) is 3. The first-order chi connectivity index (χ1) is 9.97. The number of anilines is 1. The second-order valence-corrected chi connectivity index (χ2v) is 7.94. The molecule has 112 valence electrons. The highest BCUT2D eigenvalue weighted by Gasteiger charge is 2.39. The summed E-state index contributed by atoms with van der Waals surface area (Å²) in [6.45, 7) is 2.61. The minimum atomic E-state index is -3.47. The lowest BCUT2D eigenvalue weighted by Gasteiger charge is -2.26. The number of nitrogens with one attached hydrogen (secondary N) is 1. The van der Waals surface area contributed by atoms with Crippen LogP contribution in [0.15, 0.2) is 17.0 Å². The molecule has 0 spiro atoms. The second-order valence-electron chi connectivity index (χ2n) is 6.23. The Kier molecular flexibility index (Phi) is 2.72. The number of aryl methyl sites for hydroxylation is 1. The number of carbonyl (C=O) groups is 1. The molecule has 0 saturated heterocycles. The lowest BCUT2D eigenvalue weighted by Crippen LogP contribution is -2.32. The number of rotatable bonds is 3. The van der Waals surface area contributed by atoms with Gasteiger partial charge in [-0.2, -0.15) is 0 Å². The maximum Gasteiger partial charge on any atom is 0.240 e. The normalized spacial score (nSPS) is 24.3. The summed E-state index contributed by atoms with van der Waals surface area (Å²) in [7, 11) is -3.47. The molecule has 21 heavy (non-hydrogen) atoms. The van der Waals surface area contributed by atoms with Gasteiger partial charge in [0.1, 0.15) is 0 Å². The number of hydrogen-bond donors (Lipinski definition) is 1. The molecule has 4 rings (SSSR count). The highest BCUT2D eigenvalue weighted by molar-refractivity contribution is 7.89. The molecular weight excluding hydrogens is 288 g/mol. The van der Waals surface area contributed by atoms with E-state index in [9.17, 15) is 13.2 Å². The summed E-state index contributed by atoms with van der Waals surface area (Å²) in [5, 5.41) is 0. The summed E-state index contributed by atoms with van der Waals surface area (Å²) in [6, 6.07) is 3.54. The van der Waals surface area contributed by atoms with Crippen LogP contribution in [-0.4, -0.2) is 26.9 Å². The maximum absolute atomic E-state index is 12.4. The van der Waals surface area contributed by atoms with Crippen molar-refractivity contribution < 1.29 is 13.2 Å². The van der Waals surface area contributed by atoms with Gasteiger partial charge in [0.2, 0.25) is 15.9 Å². The summed E-state index contributed by atoms with van der Waals surface area (Å²) in [4.78, 5) is 14.4. The molecule has 1 aliphatic carbocycles. The van der Waals surface area contributed by atoms with Crippen LogP contribution in [0.2, 0.25) is 0 Å². The van der Waals surface area contributed by atoms with Gasteiger partial charge in [0.15, 0.2) is 0 Å². The Hall–Kier alpha value is -1.40. The van der Waals surface area contributed by atoms with Crippen molar-refractivity contribution in [1.29, 1.82) is 0 Å². The van der Waals surface area contributed by atoms with E-state index in [4.69, 9.17) is 0 Å². The van der Waals surface area contributed by atoms with E-state index in [1.54, 1.807) is 12.1 Å². The van der Waals surface area contributed by atoms with Crippen LogP contribution in [-0.2, 0) is 21.2 Å². The highest BCUT2D eigenvalue weighted by atomic mass is 32.2. The molecule has 0 bridgehead atoms. The first-order valence-electron chi connectivity index (χ1n) is 7.48. The quantitative estimate of drug-likeness (QED) is 0.921. The SMILES string of the molecule is C[C@H]1C(=O)N2CCCc3cc(S(=O)(=O)NC4CC4)cc1c32. The Bertz CT molecular complexity index is 738. The van der Waals surface area contributed by atoms with Crippen LogP contribution in [0.3, 0.4) is 0 Å². The average molecular weight is 306 g/mol. The fourth-order valence-corrected chi connectivity index (χ4v) is 4.70. The summed E-state index contributed by atoms with van der Waals surface area (Å²) in [6.07, 6.45) is 3.56. The van der Waals surface area contributed by atoms with Crippen LogP contribution < -0.4 is 9.62 Å². The highest BCUT2D eigenvalue weighted by Crippen LogP contribution is 2.43. The smallest absolute Gasteiger partial charge is 0.240 e. The van der Waals surface area contributed by atoms with Crippen LogP contribution >= 0.6 is 0 Å². The van der Waals surface area contributed by atoms with Crippen molar-refractivity contribution in [3.8, 4) is 0 Å². The first-order valence-corrected chi connectivity index (χ1v) is 8.96. The molecule has 5 nitrogen and oxygen atoms in total. The zero-order valence-electron chi connectivity index (χ0n) is 11.9. The molecular formula is C15H18N2O3S. The fraction of sp³-hybridized carbons (Fsp3) is 0.533. The zero-order chi connectivity index (χ0) is 14.8. The van der Waals surface area contributed by atoms with Gasteiger partial charge in [0.05, 0.1) is 16.5 Å². The van der Waals surface area contributed by atoms with E-state index in [1.807, 2.05) is 11.8 Å². The Morgan fingerprint density at radius 3 is 2.76 bits per heavy atom. The maximum atomic E-state index is 12.4. The van der Waals surface area contributed by atoms with Gasteiger partial charge in [-0.3, -0.25) is 4.79 Å². The second kappa shape index (κ2) is 4.30. The third kappa shape index (κ3) is 2.00. The van der Waals surface area contributed by atoms with Crippen molar-refractivity contribution >= 4 is 21.6 Å². The van der Waals surface area contributed by atoms with E-state index >= 15 is 0 Å². The van der Waals surface area contributed by atoms with Crippen LogP contribution in [0.4, 0.5) is 5.69 Å². The summed E-state index contributed by atoms with van der Waals surface area (Å²) in [5.74, 6) is -0.149. The number of nitrogens with zero attached hydrogens (tertiary/aromatic N) is 1. The summed E-state index contributed by atoms with van der Waals surface area (Å²) in [5.41, 5.74) is 2.82. The standard InChI is InChI=1S/C15H18N2O3S/c1-9-13-8-12(21(19,20)16-11-4-5-11)7-10-3-2-6-17(14(10)13)15(9)18/h7-9,11,16H,2-6H2,1H3/t9-/m1/s1. The molecule has 1 N–H and O–H groups in total. The molecule has 0 radical (unpaired) electrons. The minimum absolute atomic E-state index is 0.0927. The van der Waals surface area contributed by atoms with Gasteiger partial charge in [0.25, 0.3) is 0 Å². The Balaban J connectivity index is 1.84. The van der Waals surface area contributed by atoms with E-state index in [1.165, 1.54) is 0 Å². The van der Waals surface area contributed by atoms with E-state index in [2.05, 4.69) is 4.72 Å².